The first-order chi connectivity index (χ1) is 13.7. The van der Waals surface area contributed by atoms with Gasteiger partial charge >= 0.3 is 0 Å². The minimum atomic E-state index is -0.583. The normalized spacial score (nSPS) is 15.6. The number of carbonyl (C=O) groups excluding carboxylic acids is 2. The fourth-order valence-electron chi connectivity index (χ4n) is 3.10. The number of nitrogens with zero attached hydrogens (tertiary/aromatic N) is 2. The molecule has 1 unspecified atom stereocenters. The van der Waals surface area contributed by atoms with Crippen molar-refractivity contribution in [3.63, 3.8) is 0 Å². The summed E-state index contributed by atoms with van der Waals surface area (Å²) in [4.78, 5) is 34.4. The summed E-state index contributed by atoms with van der Waals surface area (Å²) >= 11 is 0. The number of ketones is 2. The number of hydrogen-bond donors (Lipinski definition) is 0. The van der Waals surface area contributed by atoms with Crippen molar-refractivity contribution in [1.29, 1.82) is 0 Å². The monoisotopic (exact) mass is 370 g/mol. The lowest BCUT2D eigenvalue weighted by atomic mass is 9.98. The van der Waals surface area contributed by atoms with Crippen LogP contribution in [0.25, 0.3) is 0 Å². The molecule has 0 aliphatic carbocycles. The minimum Gasteiger partial charge on any atom is -0.384 e. The van der Waals surface area contributed by atoms with Crippen LogP contribution in [-0.2, 0) is 16.1 Å². The molecule has 4 rings (SSSR count). The minimum absolute atomic E-state index is 0.0351. The van der Waals surface area contributed by atoms with Gasteiger partial charge in [-0.15, -0.1) is 0 Å². The molecule has 138 valence electrons. The molecule has 2 aromatic carbocycles. The maximum absolute atomic E-state index is 12.6. The molecule has 0 radical (unpaired) electrons. The van der Waals surface area contributed by atoms with Crippen molar-refractivity contribution in [3.8, 4) is 0 Å². The van der Waals surface area contributed by atoms with Gasteiger partial charge in [0.1, 0.15) is 0 Å². The largest absolute Gasteiger partial charge is 0.384 e. The van der Waals surface area contributed by atoms with Crippen LogP contribution in [-0.4, -0.2) is 28.4 Å². The van der Waals surface area contributed by atoms with E-state index in [1.54, 1.807) is 36.7 Å². The molecule has 0 saturated heterocycles. The quantitative estimate of drug-likeness (QED) is 0.622. The SMILES string of the molecule is O=C(c1ccccc1)c1ccc(CC(=O)C2CC(c3cccnc3)=NO2)cc1. The first-order valence-electron chi connectivity index (χ1n) is 9.05. The molecule has 0 spiro atoms. The molecule has 1 aliphatic rings. The van der Waals surface area contributed by atoms with E-state index < -0.39 is 6.10 Å². The standard InChI is InChI=1S/C23H18N2O3/c26-21(22-14-20(25-28-22)19-7-4-12-24-15-19)13-16-8-10-18(11-9-16)23(27)17-5-2-1-3-6-17/h1-12,15,22H,13-14H2. The smallest absolute Gasteiger partial charge is 0.193 e. The van der Waals surface area contributed by atoms with Crippen molar-refractivity contribution in [2.45, 2.75) is 18.9 Å². The van der Waals surface area contributed by atoms with Gasteiger partial charge in [0.2, 0.25) is 0 Å². The van der Waals surface area contributed by atoms with E-state index in [0.29, 0.717) is 17.5 Å². The van der Waals surface area contributed by atoms with Crippen LogP contribution >= 0.6 is 0 Å². The Balaban J connectivity index is 1.37. The van der Waals surface area contributed by atoms with Crippen LogP contribution in [0, 0.1) is 0 Å². The second kappa shape index (κ2) is 7.96. The molecule has 1 aliphatic heterocycles. The summed E-state index contributed by atoms with van der Waals surface area (Å²) in [6, 6.07) is 20.0. The van der Waals surface area contributed by atoms with Crippen molar-refractivity contribution in [3.05, 3.63) is 101 Å². The Kier molecular flexibility index (Phi) is 5.06. The molecule has 1 atom stereocenters. The summed E-state index contributed by atoms with van der Waals surface area (Å²) in [6.07, 6.45) is 3.49. The molecule has 3 aromatic rings. The average molecular weight is 370 g/mol. The van der Waals surface area contributed by atoms with Crippen LogP contribution in [0.4, 0.5) is 0 Å². The maximum atomic E-state index is 12.6. The van der Waals surface area contributed by atoms with Crippen molar-refractivity contribution in [1.82, 2.24) is 4.98 Å². The van der Waals surface area contributed by atoms with Gasteiger partial charge in [-0.1, -0.05) is 59.8 Å². The highest BCUT2D eigenvalue weighted by Gasteiger charge is 2.28. The molecule has 0 amide bonds. The van der Waals surface area contributed by atoms with Crippen molar-refractivity contribution in [2.75, 3.05) is 0 Å². The molecule has 0 fully saturated rings. The zero-order valence-electron chi connectivity index (χ0n) is 15.1. The molecular weight excluding hydrogens is 352 g/mol. The van der Waals surface area contributed by atoms with Gasteiger partial charge in [-0.25, -0.2) is 0 Å². The summed E-state index contributed by atoms with van der Waals surface area (Å²) in [7, 11) is 0. The van der Waals surface area contributed by atoms with E-state index in [1.807, 2.05) is 42.5 Å². The third-order valence-corrected chi connectivity index (χ3v) is 4.65. The zero-order valence-corrected chi connectivity index (χ0v) is 15.1. The Morgan fingerprint density at radius 2 is 1.68 bits per heavy atom. The second-order valence-corrected chi connectivity index (χ2v) is 6.61. The lowest BCUT2D eigenvalue weighted by molar-refractivity contribution is -0.128. The molecule has 0 bridgehead atoms. The number of Topliss-reactive ketones (excluding diaryl/α,β-unsaturated/α-hetero) is 1. The molecule has 28 heavy (non-hydrogen) atoms. The first kappa shape index (κ1) is 17.8. The van der Waals surface area contributed by atoms with Crippen molar-refractivity contribution in [2.24, 2.45) is 5.16 Å². The van der Waals surface area contributed by atoms with Gasteiger partial charge in [0, 0.05) is 41.9 Å². The van der Waals surface area contributed by atoms with Crippen LogP contribution in [0.2, 0.25) is 0 Å². The van der Waals surface area contributed by atoms with E-state index in [2.05, 4.69) is 10.1 Å². The fraction of sp³-hybridized carbons (Fsp3) is 0.130. The van der Waals surface area contributed by atoms with E-state index >= 15 is 0 Å². The third kappa shape index (κ3) is 3.88. The summed E-state index contributed by atoms with van der Waals surface area (Å²) in [5.74, 6) is -0.0723. The van der Waals surface area contributed by atoms with Gasteiger partial charge < -0.3 is 4.84 Å². The average Bonchev–Trinajstić information content (AvgIpc) is 3.26. The first-order valence-corrected chi connectivity index (χ1v) is 9.05. The topological polar surface area (TPSA) is 68.6 Å². The summed E-state index contributed by atoms with van der Waals surface area (Å²) in [6.45, 7) is 0. The predicted octanol–water partition coefficient (Wildman–Crippen LogP) is 3.62. The van der Waals surface area contributed by atoms with E-state index in [1.165, 1.54) is 0 Å². The molecule has 5 nitrogen and oxygen atoms in total. The number of oxime groups is 1. The fourth-order valence-corrected chi connectivity index (χ4v) is 3.10. The summed E-state index contributed by atoms with van der Waals surface area (Å²) in [5.41, 5.74) is 3.68. The number of aromatic nitrogens is 1. The Bertz CT molecular complexity index is 1010. The molecule has 0 N–H and O–H groups in total. The van der Waals surface area contributed by atoms with Crippen LogP contribution in [0.5, 0.6) is 0 Å². The van der Waals surface area contributed by atoms with Crippen molar-refractivity contribution < 1.29 is 14.4 Å². The lowest BCUT2D eigenvalue weighted by Crippen LogP contribution is -2.23. The molecular formula is C23H18N2O3. The maximum Gasteiger partial charge on any atom is 0.193 e. The molecule has 5 heteroatoms. The van der Waals surface area contributed by atoms with Gasteiger partial charge in [0.25, 0.3) is 0 Å². The van der Waals surface area contributed by atoms with E-state index in [4.69, 9.17) is 4.84 Å². The van der Waals surface area contributed by atoms with Gasteiger partial charge in [-0.05, 0) is 17.7 Å². The highest BCUT2D eigenvalue weighted by atomic mass is 16.6. The summed E-state index contributed by atoms with van der Waals surface area (Å²) in [5, 5.41) is 4.03. The zero-order chi connectivity index (χ0) is 19.3. The Morgan fingerprint density at radius 3 is 2.39 bits per heavy atom. The van der Waals surface area contributed by atoms with Gasteiger partial charge in [0.15, 0.2) is 17.7 Å². The Labute approximate surface area is 162 Å². The van der Waals surface area contributed by atoms with E-state index in [9.17, 15) is 9.59 Å². The van der Waals surface area contributed by atoms with Gasteiger partial charge in [0.05, 0.1) is 5.71 Å². The van der Waals surface area contributed by atoms with E-state index in [-0.39, 0.29) is 18.0 Å². The van der Waals surface area contributed by atoms with E-state index in [0.717, 1.165) is 16.8 Å². The number of rotatable bonds is 6. The molecule has 0 saturated carbocycles. The van der Waals surface area contributed by atoms with Crippen LogP contribution in [0.3, 0.4) is 0 Å². The van der Waals surface area contributed by atoms with Gasteiger partial charge in [-0.3, -0.25) is 14.6 Å². The molecule has 1 aromatic heterocycles. The second-order valence-electron chi connectivity index (χ2n) is 6.61. The van der Waals surface area contributed by atoms with Crippen molar-refractivity contribution >= 4 is 17.3 Å². The predicted molar refractivity (Wildman–Crippen MR) is 105 cm³/mol. The number of hydrogen-bond acceptors (Lipinski definition) is 5. The Morgan fingerprint density at radius 1 is 0.929 bits per heavy atom. The van der Waals surface area contributed by atoms with Crippen LogP contribution < -0.4 is 0 Å². The van der Waals surface area contributed by atoms with Crippen LogP contribution in [0.1, 0.15) is 33.5 Å². The molecule has 2 heterocycles. The van der Waals surface area contributed by atoms with Crippen LogP contribution in [0.15, 0.2) is 84.3 Å². The summed E-state index contributed by atoms with van der Waals surface area (Å²) < 4.78 is 0. The number of carbonyl (C=O) groups is 2. The highest BCUT2D eigenvalue weighted by molar-refractivity contribution is 6.09. The third-order valence-electron chi connectivity index (χ3n) is 4.65. The Hall–Kier alpha value is -3.60. The number of benzene rings is 2. The van der Waals surface area contributed by atoms with Gasteiger partial charge in [-0.2, -0.15) is 0 Å². The lowest BCUT2D eigenvalue weighted by Gasteiger charge is -2.08. The number of pyridine rings is 1. The highest BCUT2D eigenvalue weighted by Crippen LogP contribution is 2.19.